The number of hydrogen-bond acceptors (Lipinski definition) is 6. The minimum absolute atomic E-state index is 0.121. The zero-order valence-corrected chi connectivity index (χ0v) is 16.0. The standard InChI is InChI=1S/C21H26O6/c1-15-9-10-18(25-13-16-7-5-4-6-8-16)27-21(15)14-26-19(23)20(21,2)12-11-17(22)24-3/h4-9,18H,10-14H2,1-3H3/t18-,20+,21-/m0/s1. The molecule has 146 valence electrons. The van der Waals surface area contributed by atoms with Crippen molar-refractivity contribution in [3.05, 3.63) is 47.5 Å². The van der Waals surface area contributed by atoms with Gasteiger partial charge in [-0.15, -0.1) is 0 Å². The number of ether oxygens (including phenoxy) is 4. The van der Waals surface area contributed by atoms with Crippen molar-refractivity contribution in [3.63, 3.8) is 0 Å². The first-order valence-electron chi connectivity index (χ1n) is 9.16. The van der Waals surface area contributed by atoms with Crippen molar-refractivity contribution in [2.24, 2.45) is 5.41 Å². The van der Waals surface area contributed by atoms with Crippen LogP contribution in [0, 0.1) is 5.41 Å². The van der Waals surface area contributed by atoms with Gasteiger partial charge in [0.15, 0.2) is 6.29 Å². The molecule has 3 atom stereocenters. The van der Waals surface area contributed by atoms with Crippen molar-refractivity contribution in [2.45, 2.75) is 51.6 Å². The second-order valence-corrected chi connectivity index (χ2v) is 7.28. The zero-order chi connectivity index (χ0) is 19.5. The van der Waals surface area contributed by atoms with Crippen LogP contribution in [0.3, 0.4) is 0 Å². The Bertz CT molecular complexity index is 727. The minimum atomic E-state index is -0.976. The molecule has 1 spiro atoms. The van der Waals surface area contributed by atoms with E-state index in [4.69, 9.17) is 18.9 Å². The summed E-state index contributed by atoms with van der Waals surface area (Å²) in [5.74, 6) is -0.719. The molecule has 2 aliphatic heterocycles. The summed E-state index contributed by atoms with van der Waals surface area (Å²) >= 11 is 0. The van der Waals surface area contributed by atoms with Crippen LogP contribution in [0.5, 0.6) is 0 Å². The third kappa shape index (κ3) is 3.64. The number of rotatable bonds is 6. The normalized spacial score (nSPS) is 30.1. The molecule has 6 heteroatoms. The Morgan fingerprint density at radius 3 is 2.74 bits per heavy atom. The molecule has 2 aliphatic rings. The van der Waals surface area contributed by atoms with Gasteiger partial charge in [0.1, 0.15) is 17.6 Å². The Hall–Kier alpha value is -2.18. The Labute approximate surface area is 159 Å². The van der Waals surface area contributed by atoms with Crippen molar-refractivity contribution < 1.29 is 28.5 Å². The number of cyclic esters (lactones) is 1. The highest BCUT2D eigenvalue weighted by atomic mass is 16.7. The van der Waals surface area contributed by atoms with Crippen LogP contribution in [0.25, 0.3) is 0 Å². The average Bonchev–Trinajstić information content (AvgIpc) is 2.94. The summed E-state index contributed by atoms with van der Waals surface area (Å²) in [7, 11) is 1.34. The summed E-state index contributed by atoms with van der Waals surface area (Å²) in [4.78, 5) is 24.2. The van der Waals surface area contributed by atoms with Gasteiger partial charge < -0.3 is 18.9 Å². The highest BCUT2D eigenvalue weighted by molar-refractivity contribution is 5.82. The molecule has 0 bridgehead atoms. The maximum absolute atomic E-state index is 12.6. The topological polar surface area (TPSA) is 71.1 Å². The summed E-state index contributed by atoms with van der Waals surface area (Å²) in [5, 5.41) is 0. The summed E-state index contributed by atoms with van der Waals surface area (Å²) in [6.45, 7) is 4.27. The molecule has 3 rings (SSSR count). The third-order valence-corrected chi connectivity index (χ3v) is 5.67. The van der Waals surface area contributed by atoms with Gasteiger partial charge in [-0.2, -0.15) is 0 Å². The van der Waals surface area contributed by atoms with E-state index in [9.17, 15) is 9.59 Å². The van der Waals surface area contributed by atoms with E-state index in [0.29, 0.717) is 13.0 Å². The maximum atomic E-state index is 12.6. The number of carbonyl (C=O) groups is 2. The number of hydrogen-bond donors (Lipinski definition) is 0. The van der Waals surface area contributed by atoms with Crippen LogP contribution in [0.1, 0.15) is 38.7 Å². The first-order valence-corrected chi connectivity index (χ1v) is 9.16. The van der Waals surface area contributed by atoms with Crippen molar-refractivity contribution in [3.8, 4) is 0 Å². The van der Waals surface area contributed by atoms with Gasteiger partial charge in [0.25, 0.3) is 0 Å². The number of benzene rings is 1. The first kappa shape index (κ1) is 19.6. The summed E-state index contributed by atoms with van der Waals surface area (Å²) in [6, 6.07) is 9.85. The molecule has 0 N–H and O–H groups in total. The minimum Gasteiger partial charge on any atom is -0.469 e. The quantitative estimate of drug-likeness (QED) is 0.563. The van der Waals surface area contributed by atoms with Crippen LogP contribution in [0.15, 0.2) is 42.0 Å². The second-order valence-electron chi connectivity index (χ2n) is 7.28. The van der Waals surface area contributed by atoms with Crippen LogP contribution in [0.4, 0.5) is 0 Å². The fraction of sp³-hybridized carbons (Fsp3) is 0.524. The van der Waals surface area contributed by atoms with Gasteiger partial charge in [-0.1, -0.05) is 36.4 Å². The summed E-state index contributed by atoms with van der Waals surface area (Å²) < 4.78 is 22.4. The van der Waals surface area contributed by atoms with Crippen LogP contribution in [0.2, 0.25) is 0 Å². The largest absolute Gasteiger partial charge is 0.469 e. The van der Waals surface area contributed by atoms with Crippen LogP contribution < -0.4 is 0 Å². The fourth-order valence-corrected chi connectivity index (χ4v) is 3.79. The zero-order valence-electron chi connectivity index (χ0n) is 16.0. The molecule has 0 amide bonds. The SMILES string of the molecule is COC(=O)CC[C@]1(C)C(=O)OC[C@@]12O[C@H](OCc1ccccc1)CC=C2C. The van der Waals surface area contributed by atoms with Crippen molar-refractivity contribution in [1.29, 1.82) is 0 Å². The predicted molar refractivity (Wildman–Crippen MR) is 97.5 cm³/mol. The molecule has 0 unspecified atom stereocenters. The van der Waals surface area contributed by atoms with Gasteiger partial charge in [0.05, 0.1) is 13.7 Å². The molecular formula is C21H26O6. The first-order chi connectivity index (χ1) is 12.9. The van der Waals surface area contributed by atoms with Crippen molar-refractivity contribution >= 4 is 11.9 Å². The number of carbonyl (C=O) groups excluding carboxylic acids is 2. The molecule has 1 saturated heterocycles. The maximum Gasteiger partial charge on any atom is 0.315 e. The summed E-state index contributed by atoms with van der Waals surface area (Å²) in [6.07, 6.45) is 2.56. The van der Waals surface area contributed by atoms with Gasteiger partial charge in [0, 0.05) is 12.8 Å². The lowest BCUT2D eigenvalue weighted by Crippen LogP contribution is -2.54. The highest BCUT2D eigenvalue weighted by Gasteiger charge is 2.63. The van der Waals surface area contributed by atoms with Gasteiger partial charge >= 0.3 is 11.9 Å². The Balaban J connectivity index is 1.77. The van der Waals surface area contributed by atoms with Crippen LogP contribution in [-0.2, 0) is 35.1 Å². The molecule has 1 aromatic carbocycles. The number of esters is 2. The lowest BCUT2D eigenvalue weighted by Gasteiger charge is -2.44. The fourth-order valence-electron chi connectivity index (χ4n) is 3.79. The lowest BCUT2D eigenvalue weighted by atomic mass is 9.68. The monoisotopic (exact) mass is 374 g/mol. The smallest absolute Gasteiger partial charge is 0.315 e. The van der Waals surface area contributed by atoms with E-state index in [1.807, 2.05) is 43.3 Å². The van der Waals surface area contributed by atoms with E-state index in [-0.39, 0.29) is 31.4 Å². The average molecular weight is 374 g/mol. The molecule has 1 fully saturated rings. The molecule has 2 heterocycles. The van der Waals surface area contributed by atoms with E-state index < -0.39 is 17.3 Å². The molecule has 0 radical (unpaired) electrons. The summed E-state index contributed by atoms with van der Waals surface area (Å²) in [5.41, 5.74) is 0.0720. The highest BCUT2D eigenvalue weighted by Crippen LogP contribution is 2.51. The van der Waals surface area contributed by atoms with Gasteiger partial charge in [-0.05, 0) is 31.4 Å². The Kier molecular flexibility index (Phi) is 5.67. The van der Waals surface area contributed by atoms with Crippen molar-refractivity contribution in [1.82, 2.24) is 0 Å². The molecular weight excluding hydrogens is 348 g/mol. The molecule has 0 saturated carbocycles. The lowest BCUT2D eigenvalue weighted by molar-refractivity contribution is -0.231. The molecule has 27 heavy (non-hydrogen) atoms. The molecule has 0 aromatic heterocycles. The molecule has 1 aromatic rings. The van der Waals surface area contributed by atoms with Gasteiger partial charge in [-0.25, -0.2) is 0 Å². The van der Waals surface area contributed by atoms with Crippen molar-refractivity contribution in [2.75, 3.05) is 13.7 Å². The molecule has 0 aliphatic carbocycles. The van der Waals surface area contributed by atoms with Gasteiger partial charge in [0.2, 0.25) is 0 Å². The Morgan fingerprint density at radius 1 is 1.30 bits per heavy atom. The molecule has 6 nitrogen and oxygen atoms in total. The van der Waals surface area contributed by atoms with E-state index in [1.165, 1.54) is 7.11 Å². The number of methoxy groups -OCH3 is 1. The van der Waals surface area contributed by atoms with Crippen LogP contribution >= 0.6 is 0 Å². The Morgan fingerprint density at radius 2 is 2.04 bits per heavy atom. The van der Waals surface area contributed by atoms with Gasteiger partial charge in [-0.3, -0.25) is 9.59 Å². The predicted octanol–water partition coefficient (Wildman–Crippen LogP) is 3.15. The third-order valence-electron chi connectivity index (χ3n) is 5.67. The van der Waals surface area contributed by atoms with E-state index in [1.54, 1.807) is 6.92 Å². The van der Waals surface area contributed by atoms with E-state index in [0.717, 1.165) is 11.1 Å². The van der Waals surface area contributed by atoms with Crippen LogP contribution in [-0.4, -0.2) is 37.5 Å². The second kappa shape index (κ2) is 7.82. The van der Waals surface area contributed by atoms with E-state index >= 15 is 0 Å². The van der Waals surface area contributed by atoms with E-state index in [2.05, 4.69) is 0 Å².